The van der Waals surface area contributed by atoms with E-state index in [2.05, 4.69) is 4.90 Å². The Morgan fingerprint density at radius 2 is 1.82 bits per heavy atom. The second-order valence-electron chi connectivity index (χ2n) is 6.77. The summed E-state index contributed by atoms with van der Waals surface area (Å²) in [6.07, 6.45) is 6.38. The standard InChI is InChI=1S/C18H24N2O2/c21-18(19-10-1-2-11-19)14-6-8-17(9-7-14)22-13-16-12-20(16)15-4-3-5-15/h6-9,15-16H,1-5,10-13H2. The summed E-state index contributed by atoms with van der Waals surface area (Å²) in [5, 5.41) is 0. The van der Waals surface area contributed by atoms with Gasteiger partial charge in [0.05, 0.1) is 6.04 Å². The fraction of sp³-hybridized carbons (Fsp3) is 0.611. The van der Waals surface area contributed by atoms with Crippen LogP contribution in [0.25, 0.3) is 0 Å². The fourth-order valence-corrected chi connectivity index (χ4v) is 3.50. The summed E-state index contributed by atoms with van der Waals surface area (Å²) in [7, 11) is 0. The lowest BCUT2D eigenvalue weighted by Crippen LogP contribution is -2.29. The minimum atomic E-state index is 0.155. The number of hydrogen-bond donors (Lipinski definition) is 0. The van der Waals surface area contributed by atoms with Gasteiger partial charge in [-0.3, -0.25) is 9.69 Å². The maximum atomic E-state index is 12.3. The van der Waals surface area contributed by atoms with Crippen molar-refractivity contribution in [3.63, 3.8) is 0 Å². The van der Waals surface area contributed by atoms with E-state index in [-0.39, 0.29) is 5.91 Å². The Morgan fingerprint density at radius 1 is 1.09 bits per heavy atom. The third kappa shape index (κ3) is 2.84. The van der Waals surface area contributed by atoms with Gasteiger partial charge in [-0.2, -0.15) is 0 Å². The first-order valence-electron chi connectivity index (χ1n) is 8.59. The highest BCUT2D eigenvalue weighted by Gasteiger charge is 2.42. The van der Waals surface area contributed by atoms with Gasteiger partial charge in [-0.1, -0.05) is 6.42 Å². The van der Waals surface area contributed by atoms with E-state index in [4.69, 9.17) is 4.74 Å². The van der Waals surface area contributed by atoms with E-state index in [9.17, 15) is 4.79 Å². The maximum Gasteiger partial charge on any atom is 0.253 e. The fourth-order valence-electron chi connectivity index (χ4n) is 3.50. The van der Waals surface area contributed by atoms with Crippen molar-refractivity contribution in [2.45, 2.75) is 44.2 Å². The molecule has 1 aromatic carbocycles. The van der Waals surface area contributed by atoms with E-state index in [0.717, 1.165) is 49.9 Å². The van der Waals surface area contributed by atoms with Crippen molar-refractivity contribution in [2.75, 3.05) is 26.2 Å². The number of ether oxygens (including phenoxy) is 1. The number of benzene rings is 1. The van der Waals surface area contributed by atoms with Crippen LogP contribution in [0.5, 0.6) is 5.75 Å². The Labute approximate surface area is 132 Å². The molecule has 2 saturated heterocycles. The first-order chi connectivity index (χ1) is 10.8. The number of carbonyl (C=O) groups is 1. The number of rotatable bonds is 5. The van der Waals surface area contributed by atoms with Crippen molar-refractivity contribution < 1.29 is 9.53 Å². The van der Waals surface area contributed by atoms with E-state index >= 15 is 0 Å². The Morgan fingerprint density at radius 3 is 2.45 bits per heavy atom. The van der Waals surface area contributed by atoms with Gasteiger partial charge >= 0.3 is 0 Å². The molecule has 0 bridgehead atoms. The highest BCUT2D eigenvalue weighted by molar-refractivity contribution is 5.94. The summed E-state index contributed by atoms with van der Waals surface area (Å²) in [5.41, 5.74) is 0.775. The minimum absolute atomic E-state index is 0.155. The van der Waals surface area contributed by atoms with Gasteiger partial charge in [0.2, 0.25) is 0 Å². The second kappa shape index (κ2) is 5.92. The SMILES string of the molecule is O=C(c1ccc(OCC2CN2C2CCC2)cc1)N1CCCC1. The first kappa shape index (κ1) is 14.1. The maximum absolute atomic E-state index is 12.3. The highest BCUT2D eigenvalue weighted by atomic mass is 16.5. The van der Waals surface area contributed by atoms with E-state index in [1.807, 2.05) is 29.2 Å². The largest absolute Gasteiger partial charge is 0.492 e. The van der Waals surface area contributed by atoms with Crippen LogP contribution in [0.15, 0.2) is 24.3 Å². The lowest BCUT2D eigenvalue weighted by Gasteiger charge is -2.27. The van der Waals surface area contributed by atoms with E-state index < -0.39 is 0 Å². The molecule has 4 nitrogen and oxygen atoms in total. The quantitative estimate of drug-likeness (QED) is 0.783. The summed E-state index contributed by atoms with van der Waals surface area (Å²) in [4.78, 5) is 16.8. The van der Waals surface area contributed by atoms with Gasteiger partial charge in [0.25, 0.3) is 5.91 Å². The van der Waals surface area contributed by atoms with Crippen LogP contribution in [0.4, 0.5) is 0 Å². The molecule has 1 amide bonds. The number of nitrogens with zero attached hydrogens (tertiary/aromatic N) is 2. The van der Waals surface area contributed by atoms with Crippen molar-refractivity contribution >= 4 is 5.91 Å². The van der Waals surface area contributed by atoms with Crippen LogP contribution in [0, 0.1) is 0 Å². The van der Waals surface area contributed by atoms with Crippen LogP contribution < -0.4 is 4.74 Å². The monoisotopic (exact) mass is 300 g/mol. The number of amides is 1. The lowest BCUT2D eigenvalue weighted by molar-refractivity contribution is 0.0793. The molecule has 2 unspecified atom stereocenters. The number of hydrogen-bond acceptors (Lipinski definition) is 3. The average molecular weight is 300 g/mol. The summed E-state index contributed by atoms with van der Waals surface area (Å²) >= 11 is 0. The van der Waals surface area contributed by atoms with E-state index in [1.54, 1.807) is 0 Å². The van der Waals surface area contributed by atoms with Gasteiger partial charge in [0.1, 0.15) is 12.4 Å². The Balaban J connectivity index is 1.27. The molecule has 0 aromatic heterocycles. The lowest BCUT2D eigenvalue weighted by atomic mass is 9.93. The summed E-state index contributed by atoms with van der Waals surface area (Å²) < 4.78 is 5.87. The molecule has 118 valence electrons. The third-order valence-corrected chi connectivity index (χ3v) is 5.24. The topological polar surface area (TPSA) is 32.6 Å². The van der Waals surface area contributed by atoms with Gasteiger partial charge < -0.3 is 9.64 Å². The van der Waals surface area contributed by atoms with Crippen molar-refractivity contribution in [3.05, 3.63) is 29.8 Å². The Bertz CT molecular complexity index is 533. The van der Waals surface area contributed by atoms with Crippen molar-refractivity contribution in [1.29, 1.82) is 0 Å². The molecule has 3 aliphatic rings. The molecule has 22 heavy (non-hydrogen) atoms. The molecule has 2 heterocycles. The molecule has 0 radical (unpaired) electrons. The van der Waals surface area contributed by atoms with Crippen LogP contribution in [-0.2, 0) is 0 Å². The molecule has 0 N–H and O–H groups in total. The summed E-state index contributed by atoms with van der Waals surface area (Å²) in [5.74, 6) is 1.03. The number of likely N-dealkylation sites (tertiary alicyclic amines) is 1. The normalized spacial score (nSPS) is 27.5. The zero-order valence-electron chi connectivity index (χ0n) is 13.0. The van der Waals surface area contributed by atoms with Gasteiger partial charge in [-0.15, -0.1) is 0 Å². The summed E-state index contributed by atoms with van der Waals surface area (Å²) in [6, 6.07) is 9.09. The predicted octanol–water partition coefficient (Wildman–Crippen LogP) is 2.54. The number of carbonyl (C=O) groups excluding carboxylic acids is 1. The van der Waals surface area contributed by atoms with Crippen molar-refractivity contribution in [2.24, 2.45) is 0 Å². The van der Waals surface area contributed by atoms with Crippen LogP contribution in [0.3, 0.4) is 0 Å². The highest BCUT2D eigenvalue weighted by Crippen LogP contribution is 2.33. The molecule has 0 spiro atoms. The smallest absolute Gasteiger partial charge is 0.253 e. The molecule has 2 atom stereocenters. The molecule has 1 aliphatic carbocycles. The molecular formula is C18H24N2O2. The Kier molecular flexibility index (Phi) is 3.78. The zero-order chi connectivity index (χ0) is 14.9. The molecule has 1 aromatic rings. The van der Waals surface area contributed by atoms with Crippen LogP contribution >= 0.6 is 0 Å². The van der Waals surface area contributed by atoms with Gasteiger partial charge in [0.15, 0.2) is 0 Å². The summed E-state index contributed by atoms with van der Waals surface area (Å²) in [6.45, 7) is 3.76. The van der Waals surface area contributed by atoms with Crippen LogP contribution in [0.1, 0.15) is 42.5 Å². The zero-order valence-corrected chi connectivity index (χ0v) is 13.0. The minimum Gasteiger partial charge on any atom is -0.492 e. The molecule has 4 rings (SSSR count). The second-order valence-corrected chi connectivity index (χ2v) is 6.77. The van der Waals surface area contributed by atoms with Gasteiger partial charge in [-0.25, -0.2) is 0 Å². The van der Waals surface area contributed by atoms with Crippen molar-refractivity contribution in [1.82, 2.24) is 9.80 Å². The van der Waals surface area contributed by atoms with Gasteiger partial charge in [-0.05, 0) is 49.9 Å². The predicted molar refractivity (Wildman–Crippen MR) is 85.2 cm³/mol. The first-order valence-corrected chi connectivity index (χ1v) is 8.59. The molecular weight excluding hydrogens is 276 g/mol. The van der Waals surface area contributed by atoms with Crippen molar-refractivity contribution in [3.8, 4) is 5.75 Å². The van der Waals surface area contributed by atoms with E-state index in [0.29, 0.717) is 6.04 Å². The average Bonchev–Trinajstić information content (AvgIpc) is 3.02. The molecule has 3 fully saturated rings. The molecule has 1 saturated carbocycles. The van der Waals surface area contributed by atoms with Crippen LogP contribution in [-0.4, -0.2) is 54.0 Å². The van der Waals surface area contributed by atoms with Crippen LogP contribution in [0.2, 0.25) is 0 Å². The molecule has 4 heteroatoms. The van der Waals surface area contributed by atoms with Gasteiger partial charge in [0, 0.05) is 31.2 Å². The Hall–Kier alpha value is -1.55. The molecule has 2 aliphatic heterocycles. The van der Waals surface area contributed by atoms with E-state index in [1.165, 1.54) is 25.8 Å². The third-order valence-electron chi connectivity index (χ3n) is 5.24.